The second-order valence-corrected chi connectivity index (χ2v) is 5.21. The fraction of sp³-hybridized carbons (Fsp3) is 0.214. The van der Waals surface area contributed by atoms with Gasteiger partial charge in [-0.25, -0.2) is 9.37 Å². The second kappa shape index (κ2) is 6.94. The van der Waals surface area contributed by atoms with Crippen molar-refractivity contribution in [3.63, 3.8) is 0 Å². The number of halogens is 1. The number of nitrogens with zero attached hydrogens (tertiary/aromatic N) is 1. The highest BCUT2D eigenvalue weighted by molar-refractivity contribution is 7.13. The van der Waals surface area contributed by atoms with Crippen LogP contribution in [-0.2, 0) is 22.4 Å². The number of hydrogen-bond donors (Lipinski definition) is 2. The molecule has 2 aromatic rings. The SMILES string of the molecule is O=C(O)Cc1csc(NC(=O)CCc2ccccc2F)n1. The Hall–Kier alpha value is -2.28. The monoisotopic (exact) mass is 308 g/mol. The summed E-state index contributed by atoms with van der Waals surface area (Å²) in [5.74, 6) is -1.59. The molecule has 0 saturated heterocycles. The zero-order valence-corrected chi connectivity index (χ0v) is 11.8. The van der Waals surface area contributed by atoms with Gasteiger partial charge in [-0.15, -0.1) is 11.3 Å². The molecule has 1 aromatic heterocycles. The first-order chi connectivity index (χ1) is 10.0. The maximum absolute atomic E-state index is 13.4. The van der Waals surface area contributed by atoms with Gasteiger partial charge in [-0.05, 0) is 18.1 Å². The van der Waals surface area contributed by atoms with E-state index in [1.165, 1.54) is 6.07 Å². The molecule has 2 rings (SSSR count). The molecular formula is C14H13FN2O3S. The van der Waals surface area contributed by atoms with E-state index in [0.717, 1.165) is 11.3 Å². The molecule has 1 heterocycles. The largest absolute Gasteiger partial charge is 0.481 e. The topological polar surface area (TPSA) is 79.3 Å². The van der Waals surface area contributed by atoms with Gasteiger partial charge in [0.15, 0.2) is 5.13 Å². The quantitative estimate of drug-likeness (QED) is 0.859. The summed E-state index contributed by atoms with van der Waals surface area (Å²) < 4.78 is 13.4. The summed E-state index contributed by atoms with van der Waals surface area (Å²) in [6.07, 6.45) is 0.252. The van der Waals surface area contributed by atoms with E-state index in [9.17, 15) is 14.0 Å². The van der Waals surface area contributed by atoms with Gasteiger partial charge in [0, 0.05) is 11.8 Å². The third-order valence-corrected chi connectivity index (χ3v) is 3.52. The van der Waals surface area contributed by atoms with Gasteiger partial charge < -0.3 is 10.4 Å². The summed E-state index contributed by atoms with van der Waals surface area (Å²) in [5, 5.41) is 13.2. The van der Waals surface area contributed by atoms with Crippen LogP contribution in [0.5, 0.6) is 0 Å². The van der Waals surface area contributed by atoms with Gasteiger partial charge >= 0.3 is 5.97 Å². The Balaban J connectivity index is 1.86. The van der Waals surface area contributed by atoms with Gasteiger partial charge in [0.1, 0.15) is 5.82 Å². The molecule has 0 fully saturated rings. The van der Waals surface area contributed by atoms with Crippen molar-refractivity contribution in [1.29, 1.82) is 0 Å². The fourth-order valence-electron chi connectivity index (χ4n) is 1.73. The number of carboxylic acids is 1. The fourth-order valence-corrected chi connectivity index (χ4v) is 2.46. The maximum Gasteiger partial charge on any atom is 0.309 e. The van der Waals surface area contributed by atoms with E-state index in [4.69, 9.17) is 5.11 Å². The Morgan fingerprint density at radius 2 is 2.10 bits per heavy atom. The Kier molecular flexibility index (Phi) is 4.99. The third kappa shape index (κ3) is 4.64. The average Bonchev–Trinajstić information content (AvgIpc) is 2.84. The lowest BCUT2D eigenvalue weighted by Crippen LogP contribution is -2.12. The number of carbonyl (C=O) groups is 2. The summed E-state index contributed by atoms with van der Waals surface area (Å²) in [4.78, 5) is 26.3. The van der Waals surface area contributed by atoms with Crippen LogP contribution in [0, 0.1) is 5.82 Å². The van der Waals surface area contributed by atoms with Gasteiger partial charge in [0.25, 0.3) is 0 Å². The number of carboxylic acid groups (broad SMARTS) is 1. The van der Waals surface area contributed by atoms with E-state index in [0.29, 0.717) is 22.8 Å². The molecule has 0 bridgehead atoms. The van der Waals surface area contributed by atoms with Crippen molar-refractivity contribution < 1.29 is 19.1 Å². The van der Waals surface area contributed by atoms with Gasteiger partial charge in [-0.2, -0.15) is 0 Å². The minimum absolute atomic E-state index is 0.134. The molecule has 110 valence electrons. The highest BCUT2D eigenvalue weighted by Crippen LogP contribution is 2.16. The zero-order chi connectivity index (χ0) is 15.2. The lowest BCUT2D eigenvalue weighted by molar-refractivity contribution is -0.136. The molecule has 21 heavy (non-hydrogen) atoms. The standard InChI is InChI=1S/C14H13FN2O3S/c15-11-4-2-1-3-9(11)5-6-12(18)17-14-16-10(8-21-14)7-13(19)20/h1-4,8H,5-7H2,(H,19,20)(H,16,17,18). The number of hydrogen-bond acceptors (Lipinski definition) is 4. The second-order valence-electron chi connectivity index (χ2n) is 4.35. The average molecular weight is 308 g/mol. The molecule has 0 aliphatic rings. The number of carbonyl (C=O) groups excluding carboxylic acids is 1. The molecule has 0 atom stereocenters. The lowest BCUT2D eigenvalue weighted by atomic mass is 10.1. The number of benzene rings is 1. The Bertz CT molecular complexity index is 657. The Morgan fingerprint density at radius 1 is 1.33 bits per heavy atom. The minimum atomic E-state index is -0.974. The first kappa shape index (κ1) is 15.1. The predicted octanol–water partition coefficient (Wildman–Crippen LogP) is 2.48. The number of amides is 1. The predicted molar refractivity (Wildman–Crippen MR) is 76.8 cm³/mol. The van der Waals surface area contributed by atoms with E-state index >= 15 is 0 Å². The van der Waals surface area contributed by atoms with Crippen molar-refractivity contribution in [3.8, 4) is 0 Å². The summed E-state index contributed by atoms with van der Waals surface area (Å²) in [6, 6.07) is 6.30. The number of aliphatic carboxylic acids is 1. The summed E-state index contributed by atoms with van der Waals surface area (Å²) in [6.45, 7) is 0. The number of anilines is 1. The molecule has 1 aromatic carbocycles. The van der Waals surface area contributed by atoms with Crippen molar-refractivity contribution in [2.75, 3.05) is 5.32 Å². The van der Waals surface area contributed by atoms with Crippen LogP contribution < -0.4 is 5.32 Å². The zero-order valence-electron chi connectivity index (χ0n) is 11.0. The van der Waals surface area contributed by atoms with Crippen LogP contribution in [0.2, 0.25) is 0 Å². The van der Waals surface area contributed by atoms with Crippen LogP contribution >= 0.6 is 11.3 Å². The lowest BCUT2D eigenvalue weighted by Gasteiger charge is -2.03. The summed E-state index contributed by atoms with van der Waals surface area (Å²) in [7, 11) is 0. The molecule has 0 spiro atoms. The highest BCUT2D eigenvalue weighted by atomic mass is 32.1. The minimum Gasteiger partial charge on any atom is -0.481 e. The van der Waals surface area contributed by atoms with Crippen LogP contribution in [0.4, 0.5) is 9.52 Å². The molecule has 0 aliphatic carbocycles. The molecule has 5 nitrogen and oxygen atoms in total. The van der Waals surface area contributed by atoms with Crippen molar-refractivity contribution >= 4 is 28.3 Å². The molecule has 2 N–H and O–H groups in total. The van der Waals surface area contributed by atoms with Crippen LogP contribution in [0.15, 0.2) is 29.6 Å². The number of nitrogens with one attached hydrogen (secondary N) is 1. The van der Waals surface area contributed by atoms with Gasteiger partial charge in [0.2, 0.25) is 5.91 Å². The van der Waals surface area contributed by atoms with E-state index < -0.39 is 5.97 Å². The van der Waals surface area contributed by atoms with Crippen LogP contribution in [0.3, 0.4) is 0 Å². The first-order valence-electron chi connectivity index (χ1n) is 6.24. The molecule has 0 unspecified atom stereocenters. The molecule has 0 saturated carbocycles. The third-order valence-electron chi connectivity index (χ3n) is 2.71. The van der Waals surface area contributed by atoms with Gasteiger partial charge in [0.05, 0.1) is 12.1 Å². The van der Waals surface area contributed by atoms with E-state index in [1.54, 1.807) is 23.6 Å². The van der Waals surface area contributed by atoms with Crippen molar-refractivity contribution in [2.24, 2.45) is 0 Å². The highest BCUT2D eigenvalue weighted by Gasteiger charge is 2.10. The van der Waals surface area contributed by atoms with Crippen LogP contribution in [0.1, 0.15) is 17.7 Å². The molecule has 0 radical (unpaired) electrons. The van der Waals surface area contributed by atoms with Gasteiger partial charge in [-0.1, -0.05) is 18.2 Å². The normalized spacial score (nSPS) is 10.3. The van der Waals surface area contributed by atoms with Crippen molar-refractivity contribution in [3.05, 3.63) is 46.7 Å². The van der Waals surface area contributed by atoms with E-state index in [2.05, 4.69) is 10.3 Å². The number of aryl methyl sites for hydroxylation is 1. The summed E-state index contributed by atoms with van der Waals surface area (Å²) in [5.41, 5.74) is 0.884. The number of aromatic nitrogens is 1. The Morgan fingerprint density at radius 3 is 2.81 bits per heavy atom. The molecule has 0 aliphatic heterocycles. The number of rotatable bonds is 6. The first-order valence-corrected chi connectivity index (χ1v) is 7.12. The molecule has 1 amide bonds. The Labute approximate surface area is 124 Å². The maximum atomic E-state index is 13.4. The van der Waals surface area contributed by atoms with Crippen molar-refractivity contribution in [1.82, 2.24) is 4.98 Å². The van der Waals surface area contributed by atoms with E-state index in [1.807, 2.05) is 0 Å². The number of thiazole rings is 1. The summed E-state index contributed by atoms with van der Waals surface area (Å²) >= 11 is 1.16. The molecule has 7 heteroatoms. The van der Waals surface area contributed by atoms with Crippen molar-refractivity contribution in [2.45, 2.75) is 19.3 Å². The van der Waals surface area contributed by atoms with Crippen LogP contribution in [-0.4, -0.2) is 22.0 Å². The molecular weight excluding hydrogens is 295 g/mol. The van der Waals surface area contributed by atoms with Gasteiger partial charge in [-0.3, -0.25) is 9.59 Å². The smallest absolute Gasteiger partial charge is 0.309 e. The van der Waals surface area contributed by atoms with Crippen LogP contribution in [0.25, 0.3) is 0 Å². The van der Waals surface area contributed by atoms with E-state index in [-0.39, 0.29) is 24.6 Å².